The summed E-state index contributed by atoms with van der Waals surface area (Å²) in [6, 6.07) is 5.41. The van der Waals surface area contributed by atoms with Gasteiger partial charge >= 0.3 is 5.97 Å². The molecule has 0 aliphatic carbocycles. The van der Waals surface area contributed by atoms with Crippen molar-refractivity contribution in [2.24, 2.45) is 0 Å². The van der Waals surface area contributed by atoms with Gasteiger partial charge in [0, 0.05) is 25.0 Å². The summed E-state index contributed by atoms with van der Waals surface area (Å²) < 4.78 is 6.42. The number of carbonyl (C=O) groups is 1. The minimum atomic E-state index is -0.417. The van der Waals surface area contributed by atoms with Crippen molar-refractivity contribution in [2.45, 2.75) is 13.8 Å². The van der Waals surface area contributed by atoms with Gasteiger partial charge in [0.25, 0.3) is 0 Å². The summed E-state index contributed by atoms with van der Waals surface area (Å²) in [6.07, 6.45) is 3.05. The topological polar surface area (TPSA) is 80.0 Å². The predicted molar refractivity (Wildman–Crippen MR) is 90.0 cm³/mol. The fourth-order valence-electron chi connectivity index (χ4n) is 2.63. The number of aryl methyl sites for hydroxylation is 2. The number of ether oxygens (including phenoxy) is 1. The second-order valence-electron chi connectivity index (χ2n) is 5.57. The monoisotopic (exact) mass is 326 g/mol. The molecule has 0 atom stereocenters. The first-order valence-corrected chi connectivity index (χ1v) is 7.38. The van der Waals surface area contributed by atoms with Crippen molar-refractivity contribution < 1.29 is 14.6 Å². The van der Waals surface area contributed by atoms with Gasteiger partial charge in [-0.05, 0) is 31.0 Å². The van der Waals surface area contributed by atoms with Crippen LogP contribution in [-0.4, -0.2) is 39.8 Å². The molecule has 7 heteroatoms. The molecule has 0 spiro atoms. The first-order valence-electron chi connectivity index (χ1n) is 7.38. The molecular formula is C17H18N4O3. The molecule has 3 aromatic rings. The maximum absolute atomic E-state index is 11.9. The van der Waals surface area contributed by atoms with Gasteiger partial charge in [0.15, 0.2) is 5.82 Å². The number of hydrogen-bond acceptors (Lipinski definition) is 6. The molecule has 0 saturated heterocycles. The molecule has 3 rings (SSSR count). The Morgan fingerprint density at radius 2 is 2.08 bits per heavy atom. The zero-order valence-corrected chi connectivity index (χ0v) is 13.9. The van der Waals surface area contributed by atoms with Gasteiger partial charge in [0.1, 0.15) is 17.6 Å². The SMILES string of the molecule is COC(=O)c1cn2ncnc(N(C)c3ccc(C)c(O)c3)c2c1C. The number of methoxy groups -OCH3 is 1. The van der Waals surface area contributed by atoms with E-state index in [1.54, 1.807) is 16.8 Å². The van der Waals surface area contributed by atoms with E-state index in [2.05, 4.69) is 10.1 Å². The highest BCUT2D eigenvalue weighted by molar-refractivity contribution is 5.95. The summed E-state index contributed by atoms with van der Waals surface area (Å²) in [4.78, 5) is 18.1. The Morgan fingerprint density at radius 3 is 2.75 bits per heavy atom. The van der Waals surface area contributed by atoms with Gasteiger partial charge in [-0.1, -0.05) is 6.07 Å². The number of phenolic OH excluding ortho intramolecular Hbond substituents is 1. The Kier molecular flexibility index (Phi) is 3.84. The minimum Gasteiger partial charge on any atom is -0.508 e. The number of benzene rings is 1. The summed E-state index contributed by atoms with van der Waals surface area (Å²) >= 11 is 0. The number of aromatic nitrogens is 3. The fraction of sp³-hybridized carbons (Fsp3) is 0.235. The van der Waals surface area contributed by atoms with Gasteiger partial charge in [-0.2, -0.15) is 5.10 Å². The second-order valence-corrected chi connectivity index (χ2v) is 5.57. The van der Waals surface area contributed by atoms with Crippen molar-refractivity contribution in [2.75, 3.05) is 19.1 Å². The summed E-state index contributed by atoms with van der Waals surface area (Å²) in [5, 5.41) is 14.1. The van der Waals surface area contributed by atoms with E-state index in [0.29, 0.717) is 16.9 Å². The van der Waals surface area contributed by atoms with Crippen LogP contribution in [0.15, 0.2) is 30.7 Å². The van der Waals surface area contributed by atoms with Crippen LogP contribution in [0.2, 0.25) is 0 Å². The maximum atomic E-state index is 11.9. The third-order valence-electron chi connectivity index (χ3n) is 4.11. The lowest BCUT2D eigenvalue weighted by Gasteiger charge is -2.20. The van der Waals surface area contributed by atoms with E-state index < -0.39 is 5.97 Å². The quantitative estimate of drug-likeness (QED) is 0.745. The van der Waals surface area contributed by atoms with Gasteiger partial charge in [0.05, 0.1) is 12.7 Å². The van der Waals surface area contributed by atoms with Crippen molar-refractivity contribution in [3.8, 4) is 5.75 Å². The van der Waals surface area contributed by atoms with Crippen molar-refractivity contribution >= 4 is 23.0 Å². The van der Waals surface area contributed by atoms with E-state index in [4.69, 9.17) is 4.74 Å². The highest BCUT2D eigenvalue weighted by Gasteiger charge is 2.20. The fourth-order valence-corrected chi connectivity index (χ4v) is 2.63. The van der Waals surface area contributed by atoms with Crippen LogP contribution in [0.25, 0.3) is 5.52 Å². The Bertz CT molecular complexity index is 933. The predicted octanol–water partition coefficient (Wildman–Crippen LogP) is 2.61. The molecule has 0 unspecified atom stereocenters. The summed E-state index contributed by atoms with van der Waals surface area (Å²) in [5.74, 6) is 0.423. The molecule has 2 heterocycles. The molecule has 0 aliphatic rings. The van der Waals surface area contributed by atoms with E-state index in [-0.39, 0.29) is 5.75 Å². The first-order chi connectivity index (χ1) is 11.4. The highest BCUT2D eigenvalue weighted by Crippen LogP contribution is 2.32. The van der Waals surface area contributed by atoms with Crippen molar-refractivity contribution in [3.63, 3.8) is 0 Å². The number of nitrogens with zero attached hydrogens (tertiary/aromatic N) is 4. The molecule has 0 saturated carbocycles. The molecular weight excluding hydrogens is 308 g/mol. The number of carbonyl (C=O) groups excluding carboxylic acids is 1. The number of aromatic hydroxyl groups is 1. The Morgan fingerprint density at radius 1 is 1.33 bits per heavy atom. The number of rotatable bonds is 3. The number of phenols is 1. The van der Waals surface area contributed by atoms with Gasteiger partial charge in [0.2, 0.25) is 0 Å². The number of anilines is 2. The number of hydrogen-bond donors (Lipinski definition) is 1. The standard InChI is InChI=1S/C17H18N4O3/c1-10-5-6-12(7-14(10)22)20(3)16-15-11(2)13(17(23)24-4)8-21(15)19-9-18-16/h5-9,22H,1-4H3. The van der Waals surface area contributed by atoms with Crippen LogP contribution in [0, 0.1) is 13.8 Å². The molecule has 0 aliphatic heterocycles. The lowest BCUT2D eigenvalue weighted by atomic mass is 10.1. The Labute approximate surface area is 139 Å². The lowest BCUT2D eigenvalue weighted by molar-refractivity contribution is 0.0600. The van der Waals surface area contributed by atoms with Crippen molar-refractivity contribution in [1.29, 1.82) is 0 Å². The third kappa shape index (κ3) is 2.44. The van der Waals surface area contributed by atoms with Crippen LogP contribution in [0.4, 0.5) is 11.5 Å². The van der Waals surface area contributed by atoms with Gasteiger partial charge < -0.3 is 14.7 Å². The molecule has 24 heavy (non-hydrogen) atoms. The van der Waals surface area contributed by atoms with Gasteiger partial charge in [-0.15, -0.1) is 0 Å². The molecule has 0 amide bonds. The summed E-state index contributed by atoms with van der Waals surface area (Å²) in [5.41, 5.74) is 3.46. The minimum absolute atomic E-state index is 0.215. The Balaban J connectivity index is 2.16. The van der Waals surface area contributed by atoms with E-state index in [1.165, 1.54) is 13.4 Å². The second kappa shape index (κ2) is 5.84. The third-order valence-corrected chi connectivity index (χ3v) is 4.11. The Hall–Kier alpha value is -3.09. The summed E-state index contributed by atoms with van der Waals surface area (Å²) in [7, 11) is 3.19. The molecule has 2 aromatic heterocycles. The number of fused-ring (bicyclic) bond motifs is 1. The first kappa shape index (κ1) is 15.8. The van der Waals surface area contributed by atoms with Crippen LogP contribution in [0.3, 0.4) is 0 Å². The molecule has 7 nitrogen and oxygen atoms in total. The van der Waals surface area contributed by atoms with Gasteiger partial charge in [-0.3, -0.25) is 0 Å². The average Bonchev–Trinajstić information content (AvgIpc) is 2.93. The molecule has 0 radical (unpaired) electrons. The smallest absolute Gasteiger partial charge is 0.339 e. The molecule has 0 fully saturated rings. The van der Waals surface area contributed by atoms with E-state index >= 15 is 0 Å². The normalized spacial score (nSPS) is 10.8. The van der Waals surface area contributed by atoms with Crippen LogP contribution < -0.4 is 4.90 Å². The van der Waals surface area contributed by atoms with Crippen LogP contribution in [-0.2, 0) is 4.74 Å². The molecule has 1 N–H and O–H groups in total. The van der Waals surface area contributed by atoms with E-state index in [0.717, 1.165) is 16.8 Å². The van der Waals surface area contributed by atoms with E-state index in [9.17, 15) is 9.90 Å². The van der Waals surface area contributed by atoms with Crippen molar-refractivity contribution in [3.05, 3.63) is 47.4 Å². The molecule has 1 aromatic carbocycles. The lowest BCUT2D eigenvalue weighted by Crippen LogP contribution is -2.13. The zero-order chi connectivity index (χ0) is 17.4. The average molecular weight is 326 g/mol. The largest absolute Gasteiger partial charge is 0.508 e. The maximum Gasteiger partial charge on any atom is 0.339 e. The van der Waals surface area contributed by atoms with Crippen molar-refractivity contribution in [1.82, 2.24) is 14.6 Å². The van der Waals surface area contributed by atoms with Crippen LogP contribution in [0.1, 0.15) is 21.5 Å². The zero-order valence-electron chi connectivity index (χ0n) is 13.9. The van der Waals surface area contributed by atoms with Crippen LogP contribution in [0.5, 0.6) is 5.75 Å². The summed E-state index contributed by atoms with van der Waals surface area (Å²) in [6.45, 7) is 3.66. The van der Waals surface area contributed by atoms with Gasteiger partial charge in [-0.25, -0.2) is 14.3 Å². The molecule has 124 valence electrons. The number of esters is 1. The molecule has 0 bridgehead atoms. The van der Waals surface area contributed by atoms with Crippen LogP contribution >= 0.6 is 0 Å². The van der Waals surface area contributed by atoms with E-state index in [1.807, 2.05) is 37.9 Å². The highest BCUT2D eigenvalue weighted by atomic mass is 16.5.